The van der Waals surface area contributed by atoms with E-state index in [1.807, 2.05) is 6.92 Å². The van der Waals surface area contributed by atoms with Crippen molar-refractivity contribution in [1.82, 2.24) is 5.43 Å². The highest BCUT2D eigenvalue weighted by Crippen LogP contribution is 2.21. The third-order valence-corrected chi connectivity index (χ3v) is 2.05. The second-order valence-corrected chi connectivity index (χ2v) is 3.16. The van der Waals surface area contributed by atoms with Gasteiger partial charge >= 0.3 is 0 Å². The highest BCUT2D eigenvalue weighted by Gasteiger charge is 2.09. The highest BCUT2D eigenvalue weighted by atomic mass is 16.5. The fourth-order valence-electron chi connectivity index (χ4n) is 1.37. The molecule has 0 aliphatic rings. The second-order valence-electron chi connectivity index (χ2n) is 3.16. The number of carbonyl (C=O) groups excluding carboxylic acids is 1. The lowest BCUT2D eigenvalue weighted by Crippen LogP contribution is -2.30. The van der Waals surface area contributed by atoms with Gasteiger partial charge in [-0.05, 0) is 25.1 Å². The van der Waals surface area contributed by atoms with Gasteiger partial charge in [-0.2, -0.15) is 0 Å². The van der Waals surface area contributed by atoms with Gasteiger partial charge in [-0.25, -0.2) is 5.84 Å². The van der Waals surface area contributed by atoms with Gasteiger partial charge in [-0.3, -0.25) is 10.2 Å². The molecule has 1 aromatic rings. The Kier molecular flexibility index (Phi) is 4.75. The van der Waals surface area contributed by atoms with Crippen LogP contribution in [-0.2, 0) is 11.3 Å². The van der Waals surface area contributed by atoms with E-state index in [1.165, 1.54) is 0 Å². The van der Waals surface area contributed by atoms with Gasteiger partial charge in [0, 0.05) is 18.2 Å². The second kappa shape index (κ2) is 6.09. The summed E-state index contributed by atoms with van der Waals surface area (Å²) in [6.45, 7) is 2.86. The van der Waals surface area contributed by atoms with Crippen LogP contribution in [0.15, 0.2) is 18.2 Å². The smallest absolute Gasteiger partial charge is 0.265 e. The number of rotatable bonds is 5. The summed E-state index contributed by atoms with van der Waals surface area (Å²) >= 11 is 0. The van der Waals surface area contributed by atoms with Gasteiger partial charge in [0.1, 0.15) is 5.75 Å². The molecule has 0 unspecified atom stereocenters. The molecule has 0 radical (unpaired) electrons. The Morgan fingerprint density at radius 3 is 2.81 bits per heavy atom. The molecule has 0 aliphatic heterocycles. The molecule has 0 aliphatic carbocycles. The van der Waals surface area contributed by atoms with Crippen molar-refractivity contribution in [3.63, 3.8) is 0 Å². The SMILES string of the molecule is CCOc1ccc(C(=O)NN)cc1COC. The summed E-state index contributed by atoms with van der Waals surface area (Å²) < 4.78 is 10.5. The molecule has 1 rings (SSSR count). The molecule has 88 valence electrons. The Hall–Kier alpha value is -1.59. The van der Waals surface area contributed by atoms with Crippen LogP contribution in [0.1, 0.15) is 22.8 Å². The average Bonchev–Trinajstić information content (AvgIpc) is 2.31. The topological polar surface area (TPSA) is 73.6 Å². The number of amides is 1. The van der Waals surface area contributed by atoms with Crippen molar-refractivity contribution in [2.45, 2.75) is 13.5 Å². The van der Waals surface area contributed by atoms with E-state index >= 15 is 0 Å². The summed E-state index contributed by atoms with van der Waals surface area (Å²) in [4.78, 5) is 11.3. The van der Waals surface area contributed by atoms with Gasteiger partial charge in [-0.1, -0.05) is 0 Å². The zero-order valence-electron chi connectivity index (χ0n) is 9.45. The Morgan fingerprint density at radius 2 is 2.25 bits per heavy atom. The van der Waals surface area contributed by atoms with Crippen LogP contribution in [0.25, 0.3) is 0 Å². The minimum absolute atomic E-state index is 0.333. The standard InChI is InChI=1S/C11H16N2O3/c1-3-16-10-5-4-8(11(14)13-12)6-9(10)7-15-2/h4-6H,3,7,12H2,1-2H3,(H,13,14). The fraction of sp³-hybridized carbons (Fsp3) is 0.364. The summed E-state index contributed by atoms with van der Waals surface area (Å²) in [6.07, 6.45) is 0. The van der Waals surface area contributed by atoms with Gasteiger partial charge in [0.25, 0.3) is 5.91 Å². The maximum atomic E-state index is 11.3. The average molecular weight is 224 g/mol. The Balaban J connectivity index is 3.01. The van der Waals surface area contributed by atoms with E-state index in [-0.39, 0.29) is 5.91 Å². The minimum Gasteiger partial charge on any atom is -0.494 e. The molecule has 0 aromatic heterocycles. The number of ether oxygens (including phenoxy) is 2. The Morgan fingerprint density at radius 1 is 1.50 bits per heavy atom. The number of nitrogen functional groups attached to an aromatic ring is 1. The normalized spacial score (nSPS) is 9.94. The number of hydrazine groups is 1. The largest absolute Gasteiger partial charge is 0.494 e. The third kappa shape index (κ3) is 2.95. The predicted octanol–water partition coefficient (Wildman–Crippen LogP) is 0.835. The lowest BCUT2D eigenvalue weighted by atomic mass is 10.1. The van der Waals surface area contributed by atoms with E-state index in [0.29, 0.717) is 18.8 Å². The third-order valence-electron chi connectivity index (χ3n) is 2.05. The molecule has 3 N–H and O–H groups in total. The molecule has 5 heteroatoms. The molecule has 1 amide bonds. The zero-order valence-corrected chi connectivity index (χ0v) is 9.45. The lowest BCUT2D eigenvalue weighted by molar-refractivity contribution is 0.0953. The zero-order chi connectivity index (χ0) is 12.0. The van der Waals surface area contributed by atoms with Crippen LogP contribution < -0.4 is 16.0 Å². The number of carbonyl (C=O) groups is 1. The molecular weight excluding hydrogens is 208 g/mol. The number of benzene rings is 1. The van der Waals surface area contributed by atoms with Crippen LogP contribution in [0, 0.1) is 0 Å². The summed E-state index contributed by atoms with van der Waals surface area (Å²) in [6, 6.07) is 5.10. The predicted molar refractivity (Wildman–Crippen MR) is 60.0 cm³/mol. The van der Waals surface area contributed by atoms with Crippen molar-refractivity contribution >= 4 is 5.91 Å². The summed E-state index contributed by atoms with van der Waals surface area (Å²) in [5, 5.41) is 0. The molecule has 0 saturated carbocycles. The van der Waals surface area contributed by atoms with Crippen LogP contribution in [0.5, 0.6) is 5.75 Å². The van der Waals surface area contributed by atoms with Crippen LogP contribution in [0.3, 0.4) is 0 Å². The van der Waals surface area contributed by atoms with Gasteiger partial charge < -0.3 is 9.47 Å². The maximum Gasteiger partial charge on any atom is 0.265 e. The number of hydrogen-bond acceptors (Lipinski definition) is 4. The van der Waals surface area contributed by atoms with Crippen LogP contribution >= 0.6 is 0 Å². The van der Waals surface area contributed by atoms with Gasteiger partial charge in [-0.15, -0.1) is 0 Å². The highest BCUT2D eigenvalue weighted by molar-refractivity contribution is 5.94. The van der Waals surface area contributed by atoms with Crippen molar-refractivity contribution in [2.24, 2.45) is 5.84 Å². The first-order chi connectivity index (χ1) is 7.72. The number of methoxy groups -OCH3 is 1. The van der Waals surface area contributed by atoms with Gasteiger partial charge in [0.2, 0.25) is 0 Å². The van der Waals surface area contributed by atoms with Crippen molar-refractivity contribution in [3.8, 4) is 5.75 Å². The molecule has 0 fully saturated rings. The molecule has 0 heterocycles. The van der Waals surface area contributed by atoms with Crippen molar-refractivity contribution in [2.75, 3.05) is 13.7 Å². The summed E-state index contributed by atoms with van der Waals surface area (Å²) in [5.41, 5.74) is 3.39. The van der Waals surface area contributed by atoms with E-state index in [0.717, 1.165) is 11.3 Å². The molecule has 0 atom stereocenters. The maximum absolute atomic E-state index is 11.3. The van der Waals surface area contributed by atoms with Crippen molar-refractivity contribution < 1.29 is 14.3 Å². The van der Waals surface area contributed by atoms with E-state index < -0.39 is 0 Å². The Bertz CT molecular complexity index is 366. The number of nitrogens with two attached hydrogens (primary N) is 1. The summed E-state index contributed by atoms with van der Waals surface area (Å²) in [5.74, 6) is 5.45. The molecule has 16 heavy (non-hydrogen) atoms. The van der Waals surface area contributed by atoms with Crippen LogP contribution in [0.4, 0.5) is 0 Å². The van der Waals surface area contributed by atoms with E-state index in [9.17, 15) is 4.79 Å². The molecule has 1 aromatic carbocycles. The van der Waals surface area contributed by atoms with E-state index in [4.69, 9.17) is 15.3 Å². The number of hydrogen-bond donors (Lipinski definition) is 2. The minimum atomic E-state index is -0.333. The quantitative estimate of drug-likeness (QED) is 0.441. The molecule has 0 saturated heterocycles. The number of nitrogens with one attached hydrogen (secondary N) is 1. The molecule has 0 bridgehead atoms. The first-order valence-corrected chi connectivity index (χ1v) is 4.98. The van der Waals surface area contributed by atoms with E-state index in [1.54, 1.807) is 25.3 Å². The molecule has 5 nitrogen and oxygen atoms in total. The fourth-order valence-corrected chi connectivity index (χ4v) is 1.37. The van der Waals surface area contributed by atoms with Crippen LogP contribution in [-0.4, -0.2) is 19.6 Å². The Labute approximate surface area is 94.5 Å². The van der Waals surface area contributed by atoms with Gasteiger partial charge in [0.05, 0.1) is 13.2 Å². The molecule has 0 spiro atoms. The van der Waals surface area contributed by atoms with Crippen molar-refractivity contribution in [3.05, 3.63) is 29.3 Å². The van der Waals surface area contributed by atoms with Crippen molar-refractivity contribution in [1.29, 1.82) is 0 Å². The monoisotopic (exact) mass is 224 g/mol. The molecular formula is C11H16N2O3. The van der Waals surface area contributed by atoms with E-state index in [2.05, 4.69) is 5.43 Å². The first kappa shape index (κ1) is 12.5. The lowest BCUT2D eigenvalue weighted by Gasteiger charge is -2.10. The van der Waals surface area contributed by atoms with Crippen LogP contribution in [0.2, 0.25) is 0 Å². The summed E-state index contributed by atoms with van der Waals surface area (Å²) in [7, 11) is 1.59. The first-order valence-electron chi connectivity index (χ1n) is 4.98. The van der Waals surface area contributed by atoms with Gasteiger partial charge in [0.15, 0.2) is 0 Å².